The van der Waals surface area contributed by atoms with Gasteiger partial charge in [0, 0.05) is 28.5 Å². The van der Waals surface area contributed by atoms with Crippen molar-refractivity contribution in [2.45, 2.75) is 13.0 Å². The number of aromatic nitrogens is 2. The standard InChI is InChI=1S/C16H14ClN3/c1-11(14-4-2-3-8-18-14)20-15-7-9-19-16-10-12(17)5-6-13(15)16/h2-11H,1H3,(H,19,20). The molecule has 1 atom stereocenters. The maximum absolute atomic E-state index is 6.00. The van der Waals surface area contributed by atoms with Crippen LogP contribution in [0, 0.1) is 0 Å². The smallest absolute Gasteiger partial charge is 0.0737 e. The van der Waals surface area contributed by atoms with E-state index in [2.05, 4.69) is 22.2 Å². The van der Waals surface area contributed by atoms with Gasteiger partial charge in [-0.2, -0.15) is 0 Å². The van der Waals surface area contributed by atoms with Crippen LogP contribution < -0.4 is 5.32 Å². The maximum atomic E-state index is 6.00. The number of hydrogen-bond donors (Lipinski definition) is 1. The second-order valence-corrected chi connectivity index (χ2v) is 5.08. The van der Waals surface area contributed by atoms with E-state index < -0.39 is 0 Å². The van der Waals surface area contributed by atoms with E-state index in [1.807, 2.05) is 42.5 Å². The lowest BCUT2D eigenvalue weighted by Crippen LogP contribution is -2.08. The topological polar surface area (TPSA) is 37.8 Å². The Morgan fingerprint density at radius 3 is 2.75 bits per heavy atom. The molecule has 0 fully saturated rings. The molecule has 0 saturated heterocycles. The largest absolute Gasteiger partial charge is 0.376 e. The Kier molecular flexibility index (Phi) is 3.52. The zero-order valence-corrected chi connectivity index (χ0v) is 11.8. The van der Waals surface area contributed by atoms with E-state index in [1.165, 1.54) is 0 Å². The summed E-state index contributed by atoms with van der Waals surface area (Å²) in [7, 11) is 0. The first kappa shape index (κ1) is 12.9. The zero-order valence-electron chi connectivity index (χ0n) is 11.0. The molecule has 2 aromatic heterocycles. The lowest BCUT2D eigenvalue weighted by atomic mass is 10.1. The van der Waals surface area contributed by atoms with Gasteiger partial charge in [-0.15, -0.1) is 0 Å². The molecule has 3 nitrogen and oxygen atoms in total. The number of hydrogen-bond acceptors (Lipinski definition) is 3. The Bertz CT molecular complexity index is 728. The van der Waals surface area contributed by atoms with Crippen LogP contribution in [0.25, 0.3) is 10.9 Å². The quantitative estimate of drug-likeness (QED) is 0.771. The monoisotopic (exact) mass is 283 g/mol. The van der Waals surface area contributed by atoms with Gasteiger partial charge in [-0.1, -0.05) is 17.7 Å². The Hall–Kier alpha value is -2.13. The Balaban J connectivity index is 1.95. The SMILES string of the molecule is CC(Nc1ccnc2cc(Cl)ccc12)c1ccccn1. The second-order valence-electron chi connectivity index (χ2n) is 4.64. The summed E-state index contributed by atoms with van der Waals surface area (Å²) in [5, 5.41) is 5.22. The molecule has 3 aromatic rings. The summed E-state index contributed by atoms with van der Waals surface area (Å²) in [4.78, 5) is 8.71. The second kappa shape index (κ2) is 5.47. The molecule has 3 rings (SSSR count). The number of nitrogens with zero attached hydrogens (tertiary/aromatic N) is 2. The van der Waals surface area contributed by atoms with E-state index in [0.29, 0.717) is 5.02 Å². The van der Waals surface area contributed by atoms with E-state index >= 15 is 0 Å². The van der Waals surface area contributed by atoms with Crippen molar-refractivity contribution in [2.24, 2.45) is 0 Å². The Morgan fingerprint density at radius 2 is 1.95 bits per heavy atom. The molecule has 100 valence electrons. The fraction of sp³-hybridized carbons (Fsp3) is 0.125. The van der Waals surface area contributed by atoms with Gasteiger partial charge in [-0.25, -0.2) is 0 Å². The molecule has 2 heterocycles. The van der Waals surface area contributed by atoms with E-state index in [1.54, 1.807) is 12.4 Å². The molecule has 0 saturated carbocycles. The molecule has 20 heavy (non-hydrogen) atoms. The van der Waals surface area contributed by atoms with Crippen molar-refractivity contribution in [2.75, 3.05) is 5.32 Å². The third-order valence-electron chi connectivity index (χ3n) is 3.21. The van der Waals surface area contributed by atoms with Gasteiger partial charge in [0.1, 0.15) is 0 Å². The molecular weight excluding hydrogens is 270 g/mol. The fourth-order valence-corrected chi connectivity index (χ4v) is 2.35. The molecule has 0 aliphatic rings. The molecular formula is C16H14ClN3. The highest BCUT2D eigenvalue weighted by molar-refractivity contribution is 6.31. The highest BCUT2D eigenvalue weighted by atomic mass is 35.5. The molecule has 0 amide bonds. The van der Waals surface area contributed by atoms with Gasteiger partial charge in [0.15, 0.2) is 0 Å². The maximum Gasteiger partial charge on any atom is 0.0737 e. The zero-order chi connectivity index (χ0) is 13.9. The minimum Gasteiger partial charge on any atom is -0.376 e. The van der Waals surface area contributed by atoms with Crippen molar-refractivity contribution in [3.8, 4) is 0 Å². The van der Waals surface area contributed by atoms with Crippen LogP contribution in [-0.4, -0.2) is 9.97 Å². The van der Waals surface area contributed by atoms with Gasteiger partial charge < -0.3 is 5.32 Å². The molecule has 0 spiro atoms. The van der Waals surface area contributed by atoms with Crippen LogP contribution in [0.15, 0.2) is 54.9 Å². The molecule has 1 unspecified atom stereocenters. The van der Waals surface area contributed by atoms with Crippen molar-refractivity contribution < 1.29 is 0 Å². The minimum absolute atomic E-state index is 0.123. The van der Waals surface area contributed by atoms with Crippen molar-refractivity contribution in [1.82, 2.24) is 9.97 Å². The summed E-state index contributed by atoms with van der Waals surface area (Å²) >= 11 is 6.00. The van der Waals surface area contributed by atoms with E-state index in [0.717, 1.165) is 22.3 Å². The molecule has 1 N–H and O–H groups in total. The van der Waals surface area contributed by atoms with Crippen molar-refractivity contribution in [1.29, 1.82) is 0 Å². The number of rotatable bonds is 3. The van der Waals surface area contributed by atoms with Gasteiger partial charge in [-0.05, 0) is 43.3 Å². The third-order valence-corrected chi connectivity index (χ3v) is 3.44. The summed E-state index contributed by atoms with van der Waals surface area (Å²) in [6.07, 6.45) is 3.59. The van der Waals surface area contributed by atoms with E-state index in [9.17, 15) is 0 Å². The number of pyridine rings is 2. The van der Waals surface area contributed by atoms with Crippen LogP contribution in [0.1, 0.15) is 18.7 Å². The summed E-state index contributed by atoms with van der Waals surface area (Å²) < 4.78 is 0. The van der Waals surface area contributed by atoms with E-state index in [-0.39, 0.29) is 6.04 Å². The first-order valence-corrected chi connectivity index (χ1v) is 6.83. The van der Waals surface area contributed by atoms with Crippen molar-refractivity contribution >= 4 is 28.2 Å². The average molecular weight is 284 g/mol. The summed E-state index contributed by atoms with van der Waals surface area (Å²) in [5.41, 5.74) is 2.92. The summed E-state index contributed by atoms with van der Waals surface area (Å²) in [5.74, 6) is 0. The molecule has 0 aliphatic heterocycles. The molecule has 4 heteroatoms. The fourth-order valence-electron chi connectivity index (χ4n) is 2.19. The van der Waals surface area contributed by atoms with Gasteiger partial charge in [0.2, 0.25) is 0 Å². The van der Waals surface area contributed by atoms with Crippen LogP contribution in [0.3, 0.4) is 0 Å². The van der Waals surface area contributed by atoms with Crippen LogP contribution in [-0.2, 0) is 0 Å². The van der Waals surface area contributed by atoms with Gasteiger partial charge in [0.25, 0.3) is 0 Å². The molecule has 0 radical (unpaired) electrons. The molecule has 0 aliphatic carbocycles. The number of anilines is 1. The highest BCUT2D eigenvalue weighted by Crippen LogP contribution is 2.27. The number of benzene rings is 1. The highest BCUT2D eigenvalue weighted by Gasteiger charge is 2.08. The van der Waals surface area contributed by atoms with Crippen LogP contribution in [0.2, 0.25) is 5.02 Å². The Morgan fingerprint density at radius 1 is 1.05 bits per heavy atom. The normalized spacial score (nSPS) is 12.3. The predicted octanol–water partition coefficient (Wildman–Crippen LogP) is 4.46. The lowest BCUT2D eigenvalue weighted by molar-refractivity contribution is 0.841. The molecule has 1 aromatic carbocycles. The molecule has 0 bridgehead atoms. The average Bonchev–Trinajstić information content (AvgIpc) is 2.48. The first-order chi connectivity index (χ1) is 9.74. The number of fused-ring (bicyclic) bond motifs is 1. The van der Waals surface area contributed by atoms with Gasteiger partial charge in [-0.3, -0.25) is 9.97 Å². The van der Waals surface area contributed by atoms with Crippen molar-refractivity contribution in [3.63, 3.8) is 0 Å². The summed E-state index contributed by atoms with van der Waals surface area (Å²) in [6, 6.07) is 13.7. The lowest BCUT2D eigenvalue weighted by Gasteiger charge is -2.16. The number of halogens is 1. The van der Waals surface area contributed by atoms with Crippen LogP contribution in [0.5, 0.6) is 0 Å². The van der Waals surface area contributed by atoms with Gasteiger partial charge in [0.05, 0.1) is 17.3 Å². The minimum atomic E-state index is 0.123. The third kappa shape index (κ3) is 2.58. The van der Waals surface area contributed by atoms with Crippen LogP contribution in [0.4, 0.5) is 5.69 Å². The number of nitrogens with one attached hydrogen (secondary N) is 1. The first-order valence-electron chi connectivity index (χ1n) is 6.46. The van der Waals surface area contributed by atoms with Gasteiger partial charge >= 0.3 is 0 Å². The van der Waals surface area contributed by atoms with Crippen LogP contribution >= 0.6 is 11.6 Å². The van der Waals surface area contributed by atoms with Crippen molar-refractivity contribution in [3.05, 3.63) is 65.6 Å². The predicted molar refractivity (Wildman–Crippen MR) is 83.0 cm³/mol. The Labute approximate surface area is 122 Å². The van der Waals surface area contributed by atoms with E-state index in [4.69, 9.17) is 11.6 Å². The summed E-state index contributed by atoms with van der Waals surface area (Å²) in [6.45, 7) is 2.09.